The van der Waals surface area contributed by atoms with Crippen LogP contribution in [0.4, 0.5) is 0 Å². The van der Waals surface area contributed by atoms with Gasteiger partial charge in [0, 0.05) is 0 Å². The van der Waals surface area contributed by atoms with Crippen LogP contribution >= 0.6 is 0 Å². The van der Waals surface area contributed by atoms with Crippen LogP contribution in [0.1, 0.15) is 66.8 Å². The normalized spacial score (nSPS) is 25.8. The summed E-state index contributed by atoms with van der Waals surface area (Å²) in [4.78, 5) is 0. The summed E-state index contributed by atoms with van der Waals surface area (Å²) in [6.45, 7) is 0.934. The average Bonchev–Trinajstić information content (AvgIpc) is 0.758. The number of aliphatic hydroxyl groups is 2. The summed E-state index contributed by atoms with van der Waals surface area (Å²) in [5, 5.41) is 27.2. The number of ether oxygens (including phenoxy) is 19. The van der Waals surface area contributed by atoms with E-state index in [-0.39, 0.29) is 106 Å². The van der Waals surface area contributed by atoms with Crippen LogP contribution in [-0.4, -0.2) is 159 Å². The molecule has 0 radical (unpaired) electrons. The van der Waals surface area contributed by atoms with Gasteiger partial charge in [-0.3, -0.25) is 0 Å². The van der Waals surface area contributed by atoms with Crippen LogP contribution in [0.5, 0.6) is 0 Å². The summed E-state index contributed by atoms with van der Waals surface area (Å²) in [6.07, 6.45) is -25.9. The lowest BCUT2D eigenvalue weighted by molar-refractivity contribution is -0.415. The first-order valence-corrected chi connectivity index (χ1v) is 44.5. The van der Waals surface area contributed by atoms with Crippen LogP contribution in [0.25, 0.3) is 0 Å². The second kappa shape index (κ2) is 49.2. The standard InChI is InChI=1S/C108H114O21/c109-93-98(119-69-85-53-29-9-30-54-85)94(115-65-81-45-21-5-22-46-81)90(74-112-62-78-39-15-2-16-40-78)124-106(93)128-103-100(121-71-87-57-33-11-34-58-87)96(117-67-83-49-25-7-26-50-83)92(76-114-64-80-43-19-4-20-44-80)126-108(103)129-104-101(122-72-88-59-35-12-36-60-88)97(118-68-84-51-27-8-28-52-84)91(75-113-63-79-41-17-3-18-42-79)125-107(104)127-102-99(120-70-86-55-31-10-32-56-86)95(116-66-82-47-23-6-24-48-82)89(123-105(102)110)73-111-61-77-37-13-1-14-38-77/h1-60,89-110H,61-76H2/t89-,90-,91-,92-,93+,94-,95-,96-,97-,98-,99+,100+,101+,102+,103+,104+,105+,106-,107-,108-/m1/s1. The van der Waals surface area contributed by atoms with Crippen molar-refractivity contribution >= 4 is 0 Å². The third-order valence-electron chi connectivity index (χ3n) is 23.1. The van der Waals surface area contributed by atoms with E-state index in [1.54, 1.807) is 0 Å². The Hall–Kier alpha value is -10.2. The SMILES string of the molecule is O[C@@H]1[C@@H](O[C@@H]2[C@@H](O[C@@H]3[C@@H](O[C@H]4[C@@H](OCc5ccccc5)[C@H](OCc5ccccc5)[C@@H](COCc5ccccc5)O[C@@H]4O)O[C@H](COCc4ccccc4)[C@@H](OCc4ccccc4)[C@@H]3OCc3ccccc3)O[C@H](COCc3ccccc3)[C@@H](OCc3ccccc3)[C@@H]2OCc2ccccc2)O[C@H](COCc2ccccc2)[C@@H](OCc2ccccc2)[C@@H]1OCc1ccccc1. The van der Waals surface area contributed by atoms with Crippen LogP contribution in [0.3, 0.4) is 0 Å². The number of benzene rings is 12. The van der Waals surface area contributed by atoms with E-state index < -0.39 is 123 Å². The summed E-state index contributed by atoms with van der Waals surface area (Å²) < 4.78 is 139. The Morgan fingerprint density at radius 2 is 0.341 bits per heavy atom. The first-order chi connectivity index (χ1) is 63.8. The van der Waals surface area contributed by atoms with Gasteiger partial charge in [0.25, 0.3) is 0 Å². The molecule has 0 aromatic heterocycles. The lowest BCUT2D eigenvalue weighted by atomic mass is 9.94. The zero-order chi connectivity index (χ0) is 87.7. The maximum Gasteiger partial charge on any atom is 0.187 e. The highest BCUT2D eigenvalue weighted by Crippen LogP contribution is 2.42. The van der Waals surface area contributed by atoms with Gasteiger partial charge in [0.15, 0.2) is 25.2 Å². The summed E-state index contributed by atoms with van der Waals surface area (Å²) >= 11 is 0. The smallest absolute Gasteiger partial charge is 0.187 e. The van der Waals surface area contributed by atoms with Crippen LogP contribution < -0.4 is 0 Å². The second-order valence-corrected chi connectivity index (χ2v) is 32.6. The number of aliphatic hydroxyl groups excluding tert-OH is 2. The van der Waals surface area contributed by atoms with Gasteiger partial charge in [-0.15, -0.1) is 0 Å². The van der Waals surface area contributed by atoms with Crippen molar-refractivity contribution in [3.63, 3.8) is 0 Å². The highest BCUT2D eigenvalue weighted by Gasteiger charge is 2.59. The van der Waals surface area contributed by atoms with Gasteiger partial charge in [0.2, 0.25) is 0 Å². The Morgan fingerprint density at radius 3 is 0.581 bits per heavy atom. The molecule has 4 aliphatic rings. The maximum absolute atomic E-state index is 13.8. The molecule has 12 aromatic carbocycles. The molecule has 4 fully saturated rings. The average molecular weight is 1750 g/mol. The molecule has 0 aliphatic carbocycles. The molecule has 16 rings (SSSR count). The fourth-order valence-corrected chi connectivity index (χ4v) is 16.5. The third-order valence-corrected chi connectivity index (χ3v) is 23.1. The van der Waals surface area contributed by atoms with E-state index in [0.717, 1.165) is 66.8 Å². The fraction of sp³-hybridized carbons (Fsp3) is 0.333. The van der Waals surface area contributed by atoms with Gasteiger partial charge in [0.1, 0.15) is 97.7 Å². The van der Waals surface area contributed by atoms with Gasteiger partial charge in [-0.05, 0) is 66.8 Å². The molecular formula is C108H114O21. The minimum Gasteiger partial charge on any atom is -0.385 e. The van der Waals surface area contributed by atoms with Crippen molar-refractivity contribution in [2.45, 2.75) is 202 Å². The van der Waals surface area contributed by atoms with Crippen molar-refractivity contribution in [1.29, 1.82) is 0 Å². The molecule has 12 aromatic rings. The lowest BCUT2D eigenvalue weighted by Gasteiger charge is -2.52. The molecule has 0 unspecified atom stereocenters. The molecule has 672 valence electrons. The van der Waals surface area contributed by atoms with Crippen LogP contribution in [0, 0.1) is 0 Å². The van der Waals surface area contributed by atoms with Crippen molar-refractivity contribution in [3.8, 4) is 0 Å². The number of rotatable bonds is 46. The van der Waals surface area contributed by atoms with Gasteiger partial charge < -0.3 is 100 Å². The Labute approximate surface area is 755 Å². The van der Waals surface area contributed by atoms with E-state index in [1.165, 1.54) is 0 Å². The molecule has 20 atom stereocenters. The largest absolute Gasteiger partial charge is 0.385 e. The predicted octanol–water partition coefficient (Wildman–Crippen LogP) is 16.9. The molecule has 2 N–H and O–H groups in total. The molecule has 21 heteroatoms. The molecule has 4 saturated heterocycles. The van der Waals surface area contributed by atoms with Crippen LogP contribution in [-0.2, 0) is 169 Å². The molecular weight excluding hydrogens is 1630 g/mol. The molecule has 0 spiro atoms. The van der Waals surface area contributed by atoms with E-state index in [2.05, 4.69) is 0 Å². The van der Waals surface area contributed by atoms with Crippen molar-refractivity contribution in [1.82, 2.24) is 0 Å². The van der Waals surface area contributed by atoms with E-state index >= 15 is 0 Å². The molecule has 0 amide bonds. The topological polar surface area (TPSA) is 216 Å². The minimum absolute atomic E-state index is 0.00000305. The Morgan fingerprint density at radius 1 is 0.171 bits per heavy atom. The Balaban J connectivity index is 0.857. The first-order valence-electron chi connectivity index (χ1n) is 44.5. The molecule has 0 saturated carbocycles. The maximum atomic E-state index is 13.8. The van der Waals surface area contributed by atoms with Crippen LogP contribution in [0.2, 0.25) is 0 Å². The van der Waals surface area contributed by atoms with E-state index in [4.69, 9.17) is 90.0 Å². The predicted molar refractivity (Wildman–Crippen MR) is 482 cm³/mol. The number of hydrogen-bond acceptors (Lipinski definition) is 21. The molecule has 129 heavy (non-hydrogen) atoms. The molecule has 21 nitrogen and oxygen atoms in total. The lowest BCUT2D eigenvalue weighted by Crippen LogP contribution is -2.69. The summed E-state index contributed by atoms with van der Waals surface area (Å²) in [5.41, 5.74) is 10.4. The highest BCUT2D eigenvalue weighted by molar-refractivity contribution is 5.23. The minimum atomic E-state index is -1.78. The summed E-state index contributed by atoms with van der Waals surface area (Å²) in [5.74, 6) is 0. The zero-order valence-corrected chi connectivity index (χ0v) is 72.2. The quantitative estimate of drug-likeness (QED) is 0.0363. The molecule has 0 bridgehead atoms. The second-order valence-electron chi connectivity index (χ2n) is 32.6. The fourth-order valence-electron chi connectivity index (χ4n) is 16.5. The van der Waals surface area contributed by atoms with Crippen molar-refractivity contribution < 1.29 is 100 Å². The molecule has 4 heterocycles. The van der Waals surface area contributed by atoms with Gasteiger partial charge >= 0.3 is 0 Å². The van der Waals surface area contributed by atoms with Crippen molar-refractivity contribution in [3.05, 3.63) is 431 Å². The Kier molecular flexibility index (Phi) is 35.1. The molecule has 4 aliphatic heterocycles. The highest BCUT2D eigenvalue weighted by atomic mass is 16.8. The van der Waals surface area contributed by atoms with Gasteiger partial charge in [-0.25, -0.2) is 0 Å². The third kappa shape index (κ3) is 27.0. The Bertz CT molecular complexity index is 5070. The summed E-state index contributed by atoms with van der Waals surface area (Å²) in [6, 6.07) is 118. The van der Waals surface area contributed by atoms with Gasteiger partial charge in [0.05, 0.1) is 106 Å². The first kappa shape index (κ1) is 92.1. The monoisotopic (exact) mass is 1750 g/mol. The summed E-state index contributed by atoms with van der Waals surface area (Å²) in [7, 11) is 0. The zero-order valence-electron chi connectivity index (χ0n) is 72.2. The van der Waals surface area contributed by atoms with Crippen LogP contribution in [0.15, 0.2) is 364 Å². The number of hydrogen-bond donors (Lipinski definition) is 2. The van der Waals surface area contributed by atoms with E-state index in [0.29, 0.717) is 0 Å². The van der Waals surface area contributed by atoms with Gasteiger partial charge in [-0.2, -0.15) is 0 Å². The van der Waals surface area contributed by atoms with E-state index in [1.807, 2.05) is 364 Å². The van der Waals surface area contributed by atoms with Crippen molar-refractivity contribution in [2.24, 2.45) is 0 Å². The van der Waals surface area contributed by atoms with Crippen molar-refractivity contribution in [2.75, 3.05) is 26.4 Å². The van der Waals surface area contributed by atoms with Gasteiger partial charge in [-0.1, -0.05) is 364 Å². The van der Waals surface area contributed by atoms with E-state index in [9.17, 15) is 10.2 Å².